The van der Waals surface area contributed by atoms with Crippen molar-refractivity contribution in [3.63, 3.8) is 0 Å². The van der Waals surface area contributed by atoms with Crippen LogP contribution < -0.4 is 0 Å². The zero-order valence-corrected chi connectivity index (χ0v) is 15.8. The second-order valence-electron chi connectivity index (χ2n) is 9.82. The van der Waals surface area contributed by atoms with Gasteiger partial charge in [0.25, 0.3) is 0 Å². The van der Waals surface area contributed by atoms with E-state index in [1.54, 1.807) is 0 Å². The number of rotatable bonds is 0. The van der Waals surface area contributed by atoms with Crippen LogP contribution in [0.3, 0.4) is 0 Å². The minimum absolute atomic E-state index is 0.0975. The first-order valence-corrected chi connectivity index (χ1v) is 9.65. The van der Waals surface area contributed by atoms with E-state index >= 15 is 0 Å². The molecule has 2 heterocycles. The van der Waals surface area contributed by atoms with Crippen LogP contribution in [0.5, 0.6) is 0 Å². The molecule has 0 radical (unpaired) electrons. The summed E-state index contributed by atoms with van der Waals surface area (Å²) in [6.45, 7) is 8.75. The molecule has 2 aliphatic heterocycles. The van der Waals surface area contributed by atoms with Crippen LogP contribution in [-0.2, 0) is 19.1 Å². The third kappa shape index (κ3) is 2.08. The number of cyclic esters (lactones) is 1. The lowest BCUT2D eigenvalue weighted by atomic mass is 9.43. The molecule has 4 fully saturated rings. The Morgan fingerprint density at radius 2 is 1.80 bits per heavy atom. The van der Waals surface area contributed by atoms with E-state index in [1.165, 1.54) is 0 Å². The highest BCUT2D eigenvalue weighted by atomic mass is 16.6. The van der Waals surface area contributed by atoms with Gasteiger partial charge in [0, 0.05) is 17.3 Å². The van der Waals surface area contributed by atoms with Gasteiger partial charge in [-0.25, -0.2) is 0 Å². The minimum atomic E-state index is -0.928. The molecule has 0 bridgehead atoms. The summed E-state index contributed by atoms with van der Waals surface area (Å²) in [5.41, 5.74) is -1.59. The van der Waals surface area contributed by atoms with Crippen molar-refractivity contribution in [1.82, 2.24) is 0 Å². The zero-order chi connectivity index (χ0) is 18.3. The largest absolute Gasteiger partial charge is 0.463 e. The molecule has 2 saturated carbocycles. The predicted octanol–water partition coefficient (Wildman–Crippen LogP) is 2.63. The fraction of sp³-hybridized carbons (Fsp3) is 0.900. The Bertz CT molecular complexity index is 628. The van der Waals surface area contributed by atoms with Gasteiger partial charge in [0.05, 0.1) is 12.0 Å². The van der Waals surface area contributed by atoms with Crippen LogP contribution >= 0.6 is 0 Å². The van der Waals surface area contributed by atoms with Gasteiger partial charge in [-0.1, -0.05) is 34.1 Å². The van der Waals surface area contributed by atoms with Gasteiger partial charge < -0.3 is 14.6 Å². The van der Waals surface area contributed by atoms with Gasteiger partial charge in [0.1, 0.15) is 18.3 Å². The molecular formula is C20H30O5. The molecule has 4 rings (SSSR count). The van der Waals surface area contributed by atoms with Crippen LogP contribution in [0.4, 0.5) is 0 Å². The third-order valence-electron chi connectivity index (χ3n) is 8.06. The van der Waals surface area contributed by atoms with Crippen molar-refractivity contribution in [2.24, 2.45) is 22.7 Å². The van der Waals surface area contributed by atoms with E-state index in [1.807, 2.05) is 6.92 Å². The number of hydrogen-bond donors (Lipinski definition) is 1. The van der Waals surface area contributed by atoms with E-state index in [0.29, 0.717) is 6.61 Å². The first kappa shape index (κ1) is 17.5. The number of esters is 1. The number of aliphatic hydroxyl groups is 1. The topological polar surface area (TPSA) is 72.8 Å². The molecule has 25 heavy (non-hydrogen) atoms. The number of fused-ring (bicyclic) bond motifs is 2. The number of ketones is 1. The quantitative estimate of drug-likeness (QED) is 0.680. The van der Waals surface area contributed by atoms with Crippen molar-refractivity contribution in [1.29, 1.82) is 0 Å². The van der Waals surface area contributed by atoms with E-state index < -0.39 is 17.3 Å². The van der Waals surface area contributed by atoms with Crippen molar-refractivity contribution in [2.75, 3.05) is 6.61 Å². The molecular weight excluding hydrogens is 320 g/mol. The van der Waals surface area contributed by atoms with Gasteiger partial charge in [-0.2, -0.15) is 0 Å². The Kier molecular flexibility index (Phi) is 3.54. The molecule has 0 aromatic heterocycles. The Morgan fingerprint density at radius 3 is 2.44 bits per heavy atom. The number of Topliss-reactive ketones (excluding diaryl/α,β-unsaturated/α-hetero) is 1. The number of carbonyl (C=O) groups excluding carboxylic acids is 2. The van der Waals surface area contributed by atoms with Crippen molar-refractivity contribution < 1.29 is 24.2 Å². The average Bonchev–Trinajstić information content (AvgIpc) is 3.08. The molecule has 2 saturated heterocycles. The average molecular weight is 350 g/mol. The highest BCUT2D eigenvalue weighted by Gasteiger charge is 2.72. The lowest BCUT2D eigenvalue weighted by Gasteiger charge is -2.64. The molecule has 5 heteroatoms. The van der Waals surface area contributed by atoms with Gasteiger partial charge in [-0.3, -0.25) is 9.59 Å². The normalized spacial score (nSPS) is 51.8. The van der Waals surface area contributed by atoms with Gasteiger partial charge in [-0.15, -0.1) is 0 Å². The molecule has 140 valence electrons. The summed E-state index contributed by atoms with van der Waals surface area (Å²) in [5.74, 6) is -0.796. The van der Waals surface area contributed by atoms with Gasteiger partial charge in [0.15, 0.2) is 5.78 Å². The van der Waals surface area contributed by atoms with Crippen molar-refractivity contribution in [3.05, 3.63) is 0 Å². The number of carbonyl (C=O) groups is 2. The Balaban J connectivity index is 1.81. The van der Waals surface area contributed by atoms with Crippen molar-refractivity contribution in [2.45, 2.75) is 83.5 Å². The summed E-state index contributed by atoms with van der Waals surface area (Å²) < 4.78 is 11.9. The lowest BCUT2D eigenvalue weighted by Crippen LogP contribution is -2.70. The summed E-state index contributed by atoms with van der Waals surface area (Å²) in [4.78, 5) is 24.7. The van der Waals surface area contributed by atoms with Crippen LogP contribution in [0.2, 0.25) is 0 Å². The van der Waals surface area contributed by atoms with E-state index in [2.05, 4.69) is 20.8 Å². The Morgan fingerprint density at radius 1 is 1.08 bits per heavy atom. The van der Waals surface area contributed by atoms with Crippen molar-refractivity contribution >= 4 is 11.8 Å². The highest BCUT2D eigenvalue weighted by Crippen LogP contribution is 2.67. The molecule has 0 unspecified atom stereocenters. The van der Waals surface area contributed by atoms with Crippen LogP contribution in [0.1, 0.15) is 66.2 Å². The summed E-state index contributed by atoms with van der Waals surface area (Å²) in [6.07, 6.45) is 3.88. The predicted molar refractivity (Wildman–Crippen MR) is 90.8 cm³/mol. The maximum absolute atomic E-state index is 13.0. The van der Waals surface area contributed by atoms with Gasteiger partial charge in [-0.05, 0) is 31.1 Å². The molecule has 2 spiro atoms. The molecule has 2 aliphatic carbocycles. The zero-order valence-electron chi connectivity index (χ0n) is 15.8. The van der Waals surface area contributed by atoms with E-state index in [-0.39, 0.29) is 40.8 Å². The van der Waals surface area contributed by atoms with Gasteiger partial charge >= 0.3 is 5.97 Å². The third-order valence-corrected chi connectivity index (χ3v) is 8.06. The van der Waals surface area contributed by atoms with Crippen molar-refractivity contribution in [3.8, 4) is 0 Å². The van der Waals surface area contributed by atoms with E-state index in [9.17, 15) is 14.7 Å². The SMILES string of the molecule is C[C@@H]1C(=O)[C@@H](O)[C@H]2C(C)(C)CCC[C@]2(C)[C@@]12CC[C@@]1(COC(=O)C1)O2. The maximum Gasteiger partial charge on any atom is 0.308 e. The summed E-state index contributed by atoms with van der Waals surface area (Å²) in [7, 11) is 0. The number of aliphatic hydroxyl groups excluding tert-OH is 1. The summed E-state index contributed by atoms with van der Waals surface area (Å²) in [6, 6.07) is 0. The van der Waals surface area contributed by atoms with Crippen LogP contribution in [0.15, 0.2) is 0 Å². The second-order valence-corrected chi connectivity index (χ2v) is 9.82. The maximum atomic E-state index is 13.0. The Labute approximate surface area is 149 Å². The fourth-order valence-electron chi connectivity index (χ4n) is 6.89. The molecule has 1 N–H and O–H groups in total. The molecule has 4 aliphatic rings. The summed E-state index contributed by atoms with van der Waals surface area (Å²) in [5, 5.41) is 10.9. The summed E-state index contributed by atoms with van der Waals surface area (Å²) >= 11 is 0. The first-order valence-electron chi connectivity index (χ1n) is 9.65. The first-order chi connectivity index (χ1) is 11.6. The van der Waals surface area contributed by atoms with Crippen LogP contribution in [0, 0.1) is 22.7 Å². The molecule has 0 amide bonds. The van der Waals surface area contributed by atoms with Gasteiger partial charge in [0.2, 0.25) is 0 Å². The standard InChI is InChI=1S/C20H30O5/c1-12-14(22)15(23)16-17(2,3)6-5-7-18(16,4)20(12)9-8-19(25-20)10-13(21)24-11-19/h12,15-16,23H,5-11H2,1-4H3/t12-,15-,16+,18+,19-,20-/m1/s1. The number of ether oxygens (including phenoxy) is 2. The molecule has 5 nitrogen and oxygen atoms in total. The van der Waals surface area contributed by atoms with Crippen LogP contribution in [0.25, 0.3) is 0 Å². The highest BCUT2D eigenvalue weighted by molar-refractivity contribution is 5.88. The molecule has 0 aromatic carbocycles. The number of hydrogen-bond acceptors (Lipinski definition) is 5. The Hall–Kier alpha value is -0.940. The monoisotopic (exact) mass is 350 g/mol. The van der Waals surface area contributed by atoms with E-state index in [0.717, 1.165) is 32.1 Å². The van der Waals surface area contributed by atoms with E-state index in [4.69, 9.17) is 9.47 Å². The molecule has 0 aromatic rings. The van der Waals surface area contributed by atoms with Crippen LogP contribution in [-0.4, -0.2) is 40.8 Å². The molecule has 6 atom stereocenters. The minimum Gasteiger partial charge on any atom is -0.463 e. The lowest BCUT2D eigenvalue weighted by molar-refractivity contribution is -0.257. The fourth-order valence-corrected chi connectivity index (χ4v) is 6.89. The second kappa shape index (κ2) is 5.07. The smallest absolute Gasteiger partial charge is 0.308 e.